The summed E-state index contributed by atoms with van der Waals surface area (Å²) < 4.78 is 6.30. The Kier molecular flexibility index (Phi) is 11.2. The number of anilines is 3. The molecule has 2 amide bonds. The van der Waals surface area contributed by atoms with Gasteiger partial charge in [-0.3, -0.25) is 9.59 Å². The molecule has 0 radical (unpaired) electrons. The van der Waals surface area contributed by atoms with Crippen LogP contribution in [0.15, 0.2) is 103 Å². The number of carbonyl (C=O) groups excluding carboxylic acids is 2. The molecule has 0 saturated carbocycles. The molecular weight excluding hydrogens is 600 g/mol. The summed E-state index contributed by atoms with van der Waals surface area (Å²) in [6, 6.07) is 30.6. The van der Waals surface area contributed by atoms with Gasteiger partial charge in [-0.25, -0.2) is 4.98 Å². The maximum absolute atomic E-state index is 13.6. The van der Waals surface area contributed by atoms with Crippen molar-refractivity contribution in [1.29, 1.82) is 0 Å². The van der Waals surface area contributed by atoms with Crippen LogP contribution < -0.4 is 15.4 Å². The lowest BCUT2D eigenvalue weighted by molar-refractivity contribution is 0.0779. The fourth-order valence-electron chi connectivity index (χ4n) is 5.31. The molecule has 0 atom stereocenters. The molecule has 0 spiro atoms. The maximum atomic E-state index is 13.6. The highest BCUT2D eigenvalue weighted by Gasteiger charge is 2.20. The molecule has 246 valence electrons. The number of amides is 2. The highest BCUT2D eigenvalue weighted by molar-refractivity contribution is 6.06. The second kappa shape index (κ2) is 15.8. The van der Waals surface area contributed by atoms with Crippen molar-refractivity contribution in [3.05, 3.63) is 126 Å². The minimum Gasteiger partial charge on any atom is -0.438 e. The summed E-state index contributed by atoms with van der Waals surface area (Å²) in [5, 5.41) is 6.20. The number of hydrogen-bond donors (Lipinski definition) is 2. The molecule has 0 fully saturated rings. The zero-order valence-corrected chi connectivity index (χ0v) is 28.2. The topological polar surface area (TPSA) is 99.7 Å². The van der Waals surface area contributed by atoms with Crippen LogP contribution in [0.4, 0.5) is 17.3 Å². The van der Waals surface area contributed by atoms with Crippen molar-refractivity contribution in [3.63, 3.8) is 0 Å². The molecule has 0 bridgehead atoms. The molecule has 1 heterocycles. The first-order valence-electron chi connectivity index (χ1n) is 16.2. The highest BCUT2D eigenvalue weighted by atomic mass is 16.5. The number of benzene rings is 4. The molecule has 2 N–H and O–H groups in total. The number of aromatic nitrogens is 2. The van der Waals surface area contributed by atoms with Crippen molar-refractivity contribution in [3.8, 4) is 22.8 Å². The lowest BCUT2D eigenvalue weighted by Crippen LogP contribution is -2.36. The van der Waals surface area contributed by atoms with Crippen LogP contribution in [0.5, 0.6) is 11.6 Å². The Morgan fingerprint density at radius 1 is 0.792 bits per heavy atom. The molecule has 0 saturated heterocycles. The number of likely N-dealkylation sites (N-methyl/N-ethyl adjacent to an activating group) is 2. The van der Waals surface area contributed by atoms with Crippen molar-refractivity contribution < 1.29 is 14.3 Å². The average molecular weight is 643 g/mol. The minimum atomic E-state index is -0.388. The maximum Gasteiger partial charge on any atom is 0.262 e. The summed E-state index contributed by atoms with van der Waals surface area (Å²) in [4.78, 5) is 39.8. The second-order valence-electron chi connectivity index (χ2n) is 11.6. The summed E-state index contributed by atoms with van der Waals surface area (Å²) in [6.45, 7) is 11.5. The summed E-state index contributed by atoms with van der Waals surface area (Å²) in [7, 11) is 1.82. The lowest BCUT2D eigenvalue weighted by atomic mass is 10.1. The molecule has 0 aliphatic rings. The Bertz CT molecular complexity index is 1840. The molecule has 48 heavy (non-hydrogen) atoms. The van der Waals surface area contributed by atoms with E-state index in [9.17, 15) is 9.59 Å². The van der Waals surface area contributed by atoms with E-state index in [2.05, 4.69) is 39.3 Å². The van der Waals surface area contributed by atoms with Crippen molar-refractivity contribution in [1.82, 2.24) is 19.8 Å². The van der Waals surface area contributed by atoms with Crippen LogP contribution >= 0.6 is 0 Å². The molecule has 0 aliphatic heterocycles. The van der Waals surface area contributed by atoms with E-state index in [1.807, 2.05) is 93.7 Å². The van der Waals surface area contributed by atoms with Crippen LogP contribution in [0.2, 0.25) is 0 Å². The van der Waals surface area contributed by atoms with Crippen LogP contribution in [0.3, 0.4) is 0 Å². The summed E-state index contributed by atoms with van der Waals surface area (Å²) >= 11 is 0. The van der Waals surface area contributed by atoms with E-state index in [0.29, 0.717) is 23.5 Å². The smallest absolute Gasteiger partial charge is 0.262 e. The predicted molar refractivity (Wildman–Crippen MR) is 192 cm³/mol. The zero-order chi connectivity index (χ0) is 34.0. The van der Waals surface area contributed by atoms with Gasteiger partial charge in [0.1, 0.15) is 11.3 Å². The van der Waals surface area contributed by atoms with Crippen LogP contribution in [0, 0.1) is 13.8 Å². The Morgan fingerprint density at radius 3 is 2.15 bits per heavy atom. The lowest BCUT2D eigenvalue weighted by Gasteiger charge is -2.23. The van der Waals surface area contributed by atoms with E-state index in [0.717, 1.165) is 47.6 Å². The largest absolute Gasteiger partial charge is 0.438 e. The van der Waals surface area contributed by atoms with E-state index < -0.39 is 0 Å². The summed E-state index contributed by atoms with van der Waals surface area (Å²) in [6.07, 6.45) is 1.46. The van der Waals surface area contributed by atoms with Crippen LogP contribution in [-0.4, -0.2) is 64.8 Å². The highest BCUT2D eigenvalue weighted by Crippen LogP contribution is 2.30. The number of hydrogen-bond acceptors (Lipinski definition) is 7. The minimum absolute atomic E-state index is 0.0439. The first-order chi connectivity index (χ1) is 23.2. The second-order valence-corrected chi connectivity index (χ2v) is 11.6. The van der Waals surface area contributed by atoms with Gasteiger partial charge in [-0.05, 0) is 85.6 Å². The molecule has 5 aromatic rings. The Labute approximate surface area is 282 Å². The van der Waals surface area contributed by atoms with Gasteiger partial charge in [-0.1, -0.05) is 74.5 Å². The van der Waals surface area contributed by atoms with Gasteiger partial charge in [0.15, 0.2) is 0 Å². The number of nitrogens with one attached hydrogen (secondary N) is 2. The van der Waals surface area contributed by atoms with Crippen LogP contribution in [0.1, 0.15) is 45.7 Å². The van der Waals surface area contributed by atoms with E-state index in [1.54, 1.807) is 29.2 Å². The molecule has 9 heteroatoms. The van der Waals surface area contributed by atoms with Gasteiger partial charge in [0.05, 0.1) is 0 Å². The van der Waals surface area contributed by atoms with E-state index >= 15 is 0 Å². The SMILES string of the molecule is CCN(CC)CCN(C)C(=O)c1ccc(Nc2ncc(C(=O)Nc3c(C)cccc3C)c(Oc3cccc(-c4ccccc4)c3)n2)cc1. The standard InChI is InChI=1S/C39H42N6O3/c1-6-45(7-2)24-23-44(5)38(47)30-19-21-32(22-20-30)41-39-40-26-34(36(46)42-35-27(3)13-11-14-28(35)4)37(43-39)48-33-18-12-17-31(25-33)29-15-9-8-10-16-29/h8-22,25-26H,6-7,23-24H2,1-5H3,(H,42,46)(H,40,41,43). The first kappa shape index (κ1) is 33.8. The summed E-state index contributed by atoms with van der Waals surface area (Å²) in [5.41, 5.74) is 6.08. The van der Waals surface area contributed by atoms with Gasteiger partial charge in [-0.2, -0.15) is 4.98 Å². The molecule has 0 aliphatic carbocycles. The third kappa shape index (κ3) is 8.43. The number of aryl methyl sites for hydroxylation is 2. The molecule has 1 aromatic heterocycles. The first-order valence-corrected chi connectivity index (χ1v) is 16.2. The molecule has 9 nitrogen and oxygen atoms in total. The predicted octanol–water partition coefficient (Wildman–Crippen LogP) is 7.96. The van der Waals surface area contributed by atoms with Crippen molar-refractivity contribution in [2.24, 2.45) is 0 Å². The van der Waals surface area contributed by atoms with Gasteiger partial charge in [0.2, 0.25) is 11.8 Å². The van der Waals surface area contributed by atoms with E-state index in [4.69, 9.17) is 4.74 Å². The van der Waals surface area contributed by atoms with Crippen molar-refractivity contribution >= 4 is 29.1 Å². The van der Waals surface area contributed by atoms with Gasteiger partial charge in [0.25, 0.3) is 11.8 Å². The van der Waals surface area contributed by atoms with Crippen molar-refractivity contribution in [2.45, 2.75) is 27.7 Å². The van der Waals surface area contributed by atoms with E-state index in [-0.39, 0.29) is 29.2 Å². The fraction of sp³-hybridized carbons (Fsp3) is 0.231. The van der Waals surface area contributed by atoms with Crippen molar-refractivity contribution in [2.75, 3.05) is 43.9 Å². The molecule has 5 rings (SSSR count). The average Bonchev–Trinajstić information content (AvgIpc) is 3.11. The van der Waals surface area contributed by atoms with Gasteiger partial charge in [0, 0.05) is 43.3 Å². The number of ether oxygens (including phenoxy) is 1. The van der Waals surface area contributed by atoms with Crippen LogP contribution in [0.25, 0.3) is 11.1 Å². The Morgan fingerprint density at radius 2 is 1.46 bits per heavy atom. The fourth-order valence-corrected chi connectivity index (χ4v) is 5.31. The normalized spacial score (nSPS) is 10.9. The molecule has 4 aromatic carbocycles. The Balaban J connectivity index is 1.38. The third-order valence-corrected chi connectivity index (χ3v) is 8.25. The number of rotatable bonds is 13. The third-order valence-electron chi connectivity index (χ3n) is 8.25. The Hall–Kier alpha value is -5.54. The molecular formula is C39H42N6O3. The van der Waals surface area contributed by atoms with Gasteiger partial charge < -0.3 is 25.2 Å². The quantitative estimate of drug-likeness (QED) is 0.134. The monoisotopic (exact) mass is 642 g/mol. The summed E-state index contributed by atoms with van der Waals surface area (Å²) in [5.74, 6) is 0.431. The van der Waals surface area contributed by atoms with Gasteiger partial charge in [-0.15, -0.1) is 0 Å². The van der Waals surface area contributed by atoms with Gasteiger partial charge >= 0.3 is 0 Å². The molecule has 0 unspecified atom stereocenters. The zero-order valence-electron chi connectivity index (χ0n) is 28.2. The van der Waals surface area contributed by atoms with Crippen LogP contribution in [-0.2, 0) is 0 Å². The number of carbonyl (C=O) groups is 2. The van der Waals surface area contributed by atoms with E-state index in [1.165, 1.54) is 6.20 Å². The number of para-hydroxylation sites is 1. The number of nitrogens with zero attached hydrogens (tertiary/aromatic N) is 4.